The number of hydrogen-bond donors (Lipinski definition) is 1. The highest BCUT2D eigenvalue weighted by Gasteiger charge is 2.18. The van der Waals surface area contributed by atoms with Gasteiger partial charge in [0, 0.05) is 19.2 Å². The van der Waals surface area contributed by atoms with E-state index in [1.807, 2.05) is 0 Å². The summed E-state index contributed by atoms with van der Waals surface area (Å²) in [5.41, 5.74) is -0.454. The number of rotatable bonds is 15. The Morgan fingerprint density at radius 3 is 2.12 bits per heavy atom. The average molecular weight is 371 g/mol. The molecule has 0 unspecified atom stereocenters. The van der Waals surface area contributed by atoms with Gasteiger partial charge in [-0.15, -0.1) is 0 Å². The molecule has 0 saturated carbocycles. The van der Waals surface area contributed by atoms with Crippen LogP contribution in [0.3, 0.4) is 0 Å². The lowest BCUT2D eigenvalue weighted by Gasteiger charge is -2.08. The number of ether oxygens (including phenoxy) is 3. The zero-order valence-corrected chi connectivity index (χ0v) is 14.8. The molecule has 0 saturated heterocycles. The van der Waals surface area contributed by atoms with E-state index in [1.54, 1.807) is 0 Å². The first kappa shape index (κ1) is 21.7. The summed E-state index contributed by atoms with van der Waals surface area (Å²) >= 11 is 0. The fourth-order valence-corrected chi connectivity index (χ4v) is 1.98. The molecule has 0 aliphatic heterocycles. The number of nitro groups is 2. The molecule has 0 spiro atoms. The number of hydrogen-bond acceptors (Lipinski definition) is 8. The summed E-state index contributed by atoms with van der Waals surface area (Å²) in [6.07, 6.45) is 2.15. The molecule has 1 rings (SSSR count). The third-order valence-corrected chi connectivity index (χ3v) is 3.34. The van der Waals surface area contributed by atoms with Crippen molar-refractivity contribution in [2.75, 3.05) is 51.5 Å². The van der Waals surface area contributed by atoms with E-state index >= 15 is 0 Å². The van der Waals surface area contributed by atoms with E-state index in [1.165, 1.54) is 12.1 Å². The molecular formula is C16H25N3O7. The largest absolute Gasteiger partial charge is 0.379 e. The third-order valence-electron chi connectivity index (χ3n) is 3.34. The van der Waals surface area contributed by atoms with Gasteiger partial charge >= 0.3 is 0 Å². The molecular weight excluding hydrogens is 346 g/mol. The second-order valence-electron chi connectivity index (χ2n) is 5.33. The van der Waals surface area contributed by atoms with Gasteiger partial charge in [0.1, 0.15) is 5.69 Å². The average Bonchev–Trinajstić information content (AvgIpc) is 2.62. The van der Waals surface area contributed by atoms with Crippen molar-refractivity contribution in [3.05, 3.63) is 38.4 Å². The Morgan fingerprint density at radius 2 is 1.54 bits per heavy atom. The monoisotopic (exact) mass is 371 g/mol. The normalized spacial score (nSPS) is 10.7. The second-order valence-corrected chi connectivity index (χ2v) is 5.33. The van der Waals surface area contributed by atoms with E-state index in [0.29, 0.717) is 39.6 Å². The Kier molecular flexibility index (Phi) is 10.9. The molecule has 1 aromatic carbocycles. The predicted molar refractivity (Wildman–Crippen MR) is 95.6 cm³/mol. The van der Waals surface area contributed by atoms with Gasteiger partial charge in [-0.1, -0.05) is 13.3 Å². The fraction of sp³-hybridized carbons (Fsp3) is 0.625. The van der Waals surface area contributed by atoms with E-state index in [9.17, 15) is 20.2 Å². The van der Waals surface area contributed by atoms with Crippen molar-refractivity contribution in [2.45, 2.75) is 19.8 Å². The molecule has 10 heteroatoms. The number of nitro benzene ring substituents is 2. The molecule has 10 nitrogen and oxygen atoms in total. The van der Waals surface area contributed by atoms with Crippen molar-refractivity contribution in [1.29, 1.82) is 0 Å². The molecule has 0 aliphatic rings. The minimum absolute atomic E-state index is 0.213. The number of nitrogens with one attached hydrogen (secondary N) is 1. The van der Waals surface area contributed by atoms with Gasteiger partial charge in [-0.05, 0) is 12.5 Å². The van der Waals surface area contributed by atoms with E-state index in [0.717, 1.165) is 25.5 Å². The highest BCUT2D eigenvalue weighted by molar-refractivity contribution is 5.65. The minimum atomic E-state index is -0.672. The number of non-ortho nitro benzene ring substituents is 1. The van der Waals surface area contributed by atoms with Gasteiger partial charge in [-0.3, -0.25) is 20.2 Å². The zero-order chi connectivity index (χ0) is 19.2. The van der Waals surface area contributed by atoms with Gasteiger partial charge in [-0.2, -0.15) is 0 Å². The first-order valence-corrected chi connectivity index (χ1v) is 8.46. The van der Waals surface area contributed by atoms with Crippen LogP contribution in [0.15, 0.2) is 18.2 Å². The van der Waals surface area contributed by atoms with Crippen molar-refractivity contribution in [3.63, 3.8) is 0 Å². The van der Waals surface area contributed by atoms with E-state index in [-0.39, 0.29) is 17.1 Å². The number of benzene rings is 1. The maximum absolute atomic E-state index is 11.0. The molecule has 0 amide bonds. The van der Waals surface area contributed by atoms with Crippen LogP contribution in [0.5, 0.6) is 0 Å². The molecule has 1 aromatic rings. The zero-order valence-electron chi connectivity index (χ0n) is 14.8. The second kappa shape index (κ2) is 13.0. The van der Waals surface area contributed by atoms with Gasteiger partial charge in [0.05, 0.1) is 48.9 Å². The summed E-state index contributed by atoms with van der Waals surface area (Å²) in [7, 11) is 0. The molecule has 0 atom stereocenters. The molecule has 1 N–H and O–H groups in total. The maximum atomic E-state index is 11.0. The Morgan fingerprint density at radius 1 is 0.923 bits per heavy atom. The summed E-state index contributed by atoms with van der Waals surface area (Å²) in [4.78, 5) is 20.4. The summed E-state index contributed by atoms with van der Waals surface area (Å²) < 4.78 is 16.0. The standard InChI is InChI=1S/C16H25N3O7/c1-2-3-7-24-9-11-26-12-10-25-8-6-17-15-5-4-14(18(20)21)13-16(15)19(22)23/h4-5,13,17H,2-3,6-12H2,1H3. The van der Waals surface area contributed by atoms with Crippen LogP contribution in [0.2, 0.25) is 0 Å². The van der Waals surface area contributed by atoms with Crippen molar-refractivity contribution < 1.29 is 24.1 Å². The van der Waals surface area contributed by atoms with E-state index < -0.39 is 9.85 Å². The van der Waals surface area contributed by atoms with Crippen molar-refractivity contribution in [3.8, 4) is 0 Å². The van der Waals surface area contributed by atoms with E-state index in [4.69, 9.17) is 14.2 Å². The molecule has 0 radical (unpaired) electrons. The molecule has 0 fully saturated rings. The fourth-order valence-electron chi connectivity index (χ4n) is 1.98. The lowest BCUT2D eigenvalue weighted by atomic mass is 10.2. The molecule has 0 aromatic heterocycles. The summed E-state index contributed by atoms with van der Waals surface area (Å²) in [6.45, 7) is 5.42. The molecule has 0 aliphatic carbocycles. The predicted octanol–water partition coefficient (Wildman–Crippen LogP) is 2.76. The van der Waals surface area contributed by atoms with Gasteiger partial charge < -0.3 is 19.5 Å². The highest BCUT2D eigenvalue weighted by Crippen LogP contribution is 2.28. The van der Waals surface area contributed by atoms with Crippen LogP contribution in [0.4, 0.5) is 17.1 Å². The molecule has 26 heavy (non-hydrogen) atoms. The smallest absolute Gasteiger partial charge is 0.299 e. The van der Waals surface area contributed by atoms with Crippen molar-refractivity contribution in [1.82, 2.24) is 0 Å². The maximum Gasteiger partial charge on any atom is 0.299 e. The van der Waals surface area contributed by atoms with Crippen LogP contribution >= 0.6 is 0 Å². The minimum Gasteiger partial charge on any atom is -0.379 e. The van der Waals surface area contributed by atoms with Gasteiger partial charge in [0.15, 0.2) is 0 Å². The number of anilines is 1. The van der Waals surface area contributed by atoms with Gasteiger partial charge in [-0.25, -0.2) is 0 Å². The summed E-state index contributed by atoms with van der Waals surface area (Å²) in [6, 6.07) is 3.46. The Balaban J connectivity index is 2.16. The van der Waals surface area contributed by atoms with Gasteiger partial charge in [0.25, 0.3) is 11.4 Å². The van der Waals surface area contributed by atoms with Crippen molar-refractivity contribution >= 4 is 17.1 Å². The van der Waals surface area contributed by atoms with Crippen LogP contribution in [0.25, 0.3) is 0 Å². The third kappa shape index (κ3) is 8.70. The van der Waals surface area contributed by atoms with Crippen LogP contribution in [-0.2, 0) is 14.2 Å². The highest BCUT2D eigenvalue weighted by atomic mass is 16.6. The Hall–Kier alpha value is -2.30. The Bertz CT molecular complexity index is 569. The first-order valence-electron chi connectivity index (χ1n) is 8.46. The lowest BCUT2D eigenvalue weighted by Crippen LogP contribution is -2.14. The van der Waals surface area contributed by atoms with Crippen LogP contribution in [-0.4, -0.2) is 56.0 Å². The first-order chi connectivity index (χ1) is 12.6. The van der Waals surface area contributed by atoms with E-state index in [2.05, 4.69) is 12.2 Å². The molecule has 146 valence electrons. The van der Waals surface area contributed by atoms with Crippen LogP contribution in [0.1, 0.15) is 19.8 Å². The van der Waals surface area contributed by atoms with Gasteiger partial charge in [0.2, 0.25) is 0 Å². The van der Waals surface area contributed by atoms with Crippen LogP contribution < -0.4 is 5.32 Å². The van der Waals surface area contributed by atoms with Crippen LogP contribution in [0, 0.1) is 20.2 Å². The summed E-state index contributed by atoms with van der Waals surface area (Å²) in [5, 5.41) is 24.5. The molecule has 0 heterocycles. The lowest BCUT2D eigenvalue weighted by molar-refractivity contribution is -0.393. The number of unbranched alkanes of at least 4 members (excludes halogenated alkanes) is 1. The summed E-state index contributed by atoms with van der Waals surface area (Å²) in [5.74, 6) is 0. The Labute approximate surface area is 151 Å². The number of nitrogens with zero attached hydrogens (tertiary/aromatic N) is 2. The quantitative estimate of drug-likeness (QED) is 0.283. The van der Waals surface area contributed by atoms with Crippen molar-refractivity contribution in [2.24, 2.45) is 0 Å². The topological polar surface area (TPSA) is 126 Å². The molecule has 0 bridgehead atoms. The SMILES string of the molecule is CCCCOCCOCCOCCNc1ccc([N+](=O)[O-])cc1[N+](=O)[O-].